The van der Waals surface area contributed by atoms with Gasteiger partial charge in [-0.3, -0.25) is 4.79 Å². The summed E-state index contributed by atoms with van der Waals surface area (Å²) < 4.78 is 24.2. The number of methoxy groups -OCH3 is 1. The molecule has 2 aromatic heterocycles. The number of fused-ring (bicyclic) bond motifs is 1. The molecule has 0 saturated carbocycles. The second kappa shape index (κ2) is 9.34. The van der Waals surface area contributed by atoms with Crippen LogP contribution in [0.5, 0.6) is 11.6 Å². The van der Waals surface area contributed by atoms with Crippen LogP contribution in [-0.2, 0) is 6.54 Å². The molecule has 1 N–H and O–H groups in total. The first-order valence-corrected chi connectivity index (χ1v) is 9.90. The highest BCUT2D eigenvalue weighted by molar-refractivity contribution is 5.83. The summed E-state index contributed by atoms with van der Waals surface area (Å²) in [5.74, 6) is 0.850. The fourth-order valence-corrected chi connectivity index (χ4v) is 3.11. The maximum Gasteiger partial charge on any atom is 0.247 e. The van der Waals surface area contributed by atoms with Gasteiger partial charge in [0.05, 0.1) is 25.6 Å². The number of ether oxygens (including phenoxy) is 2. The molecule has 4 aromatic rings. The molecular formula is C23H20FN5O3. The van der Waals surface area contributed by atoms with Gasteiger partial charge in [-0.2, -0.15) is 9.97 Å². The highest BCUT2D eigenvalue weighted by Crippen LogP contribution is 2.31. The number of halogens is 1. The van der Waals surface area contributed by atoms with Crippen molar-refractivity contribution in [3.63, 3.8) is 0 Å². The van der Waals surface area contributed by atoms with E-state index in [0.717, 1.165) is 11.8 Å². The van der Waals surface area contributed by atoms with E-state index in [1.54, 1.807) is 43.6 Å². The molecule has 0 atom stereocenters. The van der Waals surface area contributed by atoms with Crippen LogP contribution >= 0.6 is 0 Å². The Morgan fingerprint density at radius 3 is 2.62 bits per heavy atom. The number of hydrogen-bond donors (Lipinski definition) is 1. The van der Waals surface area contributed by atoms with E-state index < -0.39 is 0 Å². The molecule has 0 spiro atoms. The van der Waals surface area contributed by atoms with Crippen molar-refractivity contribution in [2.45, 2.75) is 13.5 Å². The van der Waals surface area contributed by atoms with Crippen LogP contribution in [0.15, 0.2) is 48.7 Å². The summed E-state index contributed by atoms with van der Waals surface area (Å²) in [5.41, 5.74) is 3.21. The summed E-state index contributed by atoms with van der Waals surface area (Å²) in [6, 6.07) is 11.2. The molecule has 0 aliphatic heterocycles. The lowest BCUT2D eigenvalue weighted by Gasteiger charge is -2.12. The zero-order valence-corrected chi connectivity index (χ0v) is 17.5. The highest BCUT2D eigenvalue weighted by Gasteiger charge is 2.16. The standard InChI is InChI=1S/C23H20FN5O3/c1-3-32-22-20-21(28-23(29-22)26-11-14-4-7-16(24)8-5-14)25-12-18(27-20)17-10-15(13-30)6-9-19(17)31-2/h4-10,12-13H,3,11H2,1-2H3,(H,25,26,28,29). The maximum absolute atomic E-state index is 13.1. The van der Waals surface area contributed by atoms with Crippen LogP contribution in [0.2, 0.25) is 0 Å². The average molecular weight is 433 g/mol. The predicted molar refractivity (Wildman–Crippen MR) is 117 cm³/mol. The summed E-state index contributed by atoms with van der Waals surface area (Å²) in [4.78, 5) is 29.1. The minimum atomic E-state index is -0.296. The van der Waals surface area contributed by atoms with Gasteiger partial charge in [-0.05, 0) is 42.8 Å². The topological polar surface area (TPSA) is 99.1 Å². The second-order valence-electron chi connectivity index (χ2n) is 6.77. The molecule has 0 amide bonds. The fraction of sp³-hybridized carbons (Fsp3) is 0.174. The van der Waals surface area contributed by atoms with E-state index in [-0.39, 0.29) is 11.7 Å². The Labute approximate surface area is 183 Å². The van der Waals surface area contributed by atoms with Gasteiger partial charge in [0, 0.05) is 17.7 Å². The van der Waals surface area contributed by atoms with E-state index in [4.69, 9.17) is 9.47 Å². The predicted octanol–water partition coefficient (Wildman–Crippen LogP) is 4.06. The Morgan fingerprint density at radius 2 is 1.91 bits per heavy atom. The van der Waals surface area contributed by atoms with Crippen LogP contribution in [-0.4, -0.2) is 39.9 Å². The maximum atomic E-state index is 13.1. The van der Waals surface area contributed by atoms with E-state index in [2.05, 4.69) is 25.3 Å². The molecule has 0 saturated heterocycles. The normalized spacial score (nSPS) is 10.7. The molecule has 4 rings (SSSR count). The largest absolute Gasteiger partial charge is 0.496 e. The van der Waals surface area contributed by atoms with Crippen molar-refractivity contribution in [2.24, 2.45) is 0 Å². The number of rotatable bonds is 8. The van der Waals surface area contributed by atoms with Crippen molar-refractivity contribution < 1.29 is 18.7 Å². The summed E-state index contributed by atoms with van der Waals surface area (Å²) in [6.45, 7) is 2.62. The van der Waals surface area contributed by atoms with Crippen molar-refractivity contribution in [1.29, 1.82) is 0 Å². The van der Waals surface area contributed by atoms with Crippen molar-refractivity contribution in [2.75, 3.05) is 19.0 Å². The summed E-state index contributed by atoms with van der Waals surface area (Å²) in [5, 5.41) is 3.10. The minimum absolute atomic E-state index is 0.277. The smallest absolute Gasteiger partial charge is 0.247 e. The number of nitrogens with one attached hydrogen (secondary N) is 1. The number of benzene rings is 2. The Kier molecular flexibility index (Phi) is 6.16. The lowest BCUT2D eigenvalue weighted by atomic mass is 10.1. The summed E-state index contributed by atoms with van der Waals surface area (Å²) in [6.07, 6.45) is 2.31. The van der Waals surface area contributed by atoms with Gasteiger partial charge in [0.1, 0.15) is 17.9 Å². The van der Waals surface area contributed by atoms with Crippen LogP contribution in [0.1, 0.15) is 22.8 Å². The van der Waals surface area contributed by atoms with Gasteiger partial charge in [-0.1, -0.05) is 12.1 Å². The van der Waals surface area contributed by atoms with Crippen molar-refractivity contribution in [1.82, 2.24) is 19.9 Å². The molecule has 0 aliphatic rings. The van der Waals surface area contributed by atoms with Crippen LogP contribution < -0.4 is 14.8 Å². The molecule has 2 heterocycles. The highest BCUT2D eigenvalue weighted by atomic mass is 19.1. The first kappa shape index (κ1) is 21.1. The molecule has 32 heavy (non-hydrogen) atoms. The number of carbonyl (C=O) groups excluding carboxylic acids is 1. The lowest BCUT2D eigenvalue weighted by Crippen LogP contribution is -2.07. The molecule has 9 heteroatoms. The summed E-state index contributed by atoms with van der Waals surface area (Å²) >= 11 is 0. The first-order valence-electron chi connectivity index (χ1n) is 9.90. The van der Waals surface area contributed by atoms with Gasteiger partial charge >= 0.3 is 0 Å². The molecular weight excluding hydrogens is 413 g/mol. The molecule has 162 valence electrons. The van der Waals surface area contributed by atoms with Gasteiger partial charge < -0.3 is 14.8 Å². The van der Waals surface area contributed by atoms with Crippen LogP contribution in [0.3, 0.4) is 0 Å². The van der Waals surface area contributed by atoms with Crippen molar-refractivity contribution in [3.8, 4) is 22.9 Å². The molecule has 0 bridgehead atoms. The molecule has 0 aliphatic carbocycles. The number of nitrogens with zero attached hydrogens (tertiary/aromatic N) is 4. The Hall–Kier alpha value is -4.14. The van der Waals surface area contributed by atoms with E-state index in [0.29, 0.717) is 52.8 Å². The fourth-order valence-electron chi connectivity index (χ4n) is 3.11. The monoisotopic (exact) mass is 433 g/mol. The van der Waals surface area contributed by atoms with E-state index in [9.17, 15) is 9.18 Å². The first-order chi connectivity index (χ1) is 15.6. The minimum Gasteiger partial charge on any atom is -0.496 e. The SMILES string of the molecule is CCOc1nc(NCc2ccc(F)cc2)nc2ncc(-c3cc(C=O)ccc3OC)nc12. The van der Waals surface area contributed by atoms with Gasteiger partial charge in [0.2, 0.25) is 11.8 Å². The van der Waals surface area contributed by atoms with Gasteiger partial charge in [-0.15, -0.1) is 0 Å². The number of hydrogen-bond acceptors (Lipinski definition) is 8. The lowest BCUT2D eigenvalue weighted by molar-refractivity contribution is 0.112. The zero-order chi connectivity index (χ0) is 22.5. The number of aldehydes is 1. The third kappa shape index (κ3) is 4.46. The Balaban J connectivity index is 1.71. The summed E-state index contributed by atoms with van der Waals surface area (Å²) in [7, 11) is 1.54. The van der Waals surface area contributed by atoms with E-state index >= 15 is 0 Å². The van der Waals surface area contributed by atoms with Gasteiger partial charge in [-0.25, -0.2) is 14.4 Å². The van der Waals surface area contributed by atoms with Gasteiger partial charge in [0.25, 0.3) is 0 Å². The molecule has 2 aromatic carbocycles. The van der Waals surface area contributed by atoms with Crippen molar-refractivity contribution in [3.05, 3.63) is 65.6 Å². The molecule has 0 unspecified atom stereocenters. The molecule has 0 radical (unpaired) electrons. The number of aromatic nitrogens is 4. The Bertz CT molecular complexity index is 1260. The molecule has 0 fully saturated rings. The van der Waals surface area contributed by atoms with Gasteiger partial charge in [0.15, 0.2) is 11.2 Å². The van der Waals surface area contributed by atoms with Crippen LogP contribution in [0.4, 0.5) is 10.3 Å². The Morgan fingerprint density at radius 1 is 1.09 bits per heavy atom. The van der Waals surface area contributed by atoms with Crippen LogP contribution in [0, 0.1) is 5.82 Å². The quantitative estimate of drug-likeness (QED) is 0.416. The van der Waals surface area contributed by atoms with Crippen molar-refractivity contribution >= 4 is 23.4 Å². The second-order valence-corrected chi connectivity index (χ2v) is 6.77. The zero-order valence-electron chi connectivity index (χ0n) is 17.5. The third-order valence-electron chi connectivity index (χ3n) is 4.66. The average Bonchev–Trinajstić information content (AvgIpc) is 2.83. The number of anilines is 1. The molecule has 8 nitrogen and oxygen atoms in total. The third-order valence-corrected chi connectivity index (χ3v) is 4.66. The van der Waals surface area contributed by atoms with E-state index in [1.807, 2.05) is 6.92 Å². The van der Waals surface area contributed by atoms with E-state index in [1.165, 1.54) is 12.1 Å². The number of carbonyl (C=O) groups is 1. The van der Waals surface area contributed by atoms with Crippen LogP contribution in [0.25, 0.3) is 22.4 Å².